The van der Waals surface area contributed by atoms with Crippen molar-refractivity contribution in [2.45, 2.75) is 12.5 Å². The van der Waals surface area contributed by atoms with E-state index in [1.165, 1.54) is 18.2 Å². The predicted octanol–water partition coefficient (Wildman–Crippen LogP) is 4.02. The Morgan fingerprint density at radius 2 is 1.70 bits per heavy atom. The first-order valence-electron chi connectivity index (χ1n) is 5.87. The van der Waals surface area contributed by atoms with Gasteiger partial charge in [-0.1, -0.05) is 35.3 Å². The minimum atomic E-state index is -0.606. The van der Waals surface area contributed by atoms with E-state index in [0.29, 0.717) is 15.6 Å². The fourth-order valence-corrected chi connectivity index (χ4v) is 2.24. The standard InChI is InChI=1S/C14H12Cl2F2N2/c15-10-5-4-8(6-11(10)16)14(20-19)7-9-12(17)2-1-3-13(9)18/h1-6,14,20H,7,19H2. The maximum atomic E-state index is 13.7. The zero-order valence-corrected chi connectivity index (χ0v) is 11.8. The zero-order valence-electron chi connectivity index (χ0n) is 10.3. The van der Waals surface area contributed by atoms with E-state index in [4.69, 9.17) is 29.0 Å². The van der Waals surface area contributed by atoms with Crippen molar-refractivity contribution in [3.8, 4) is 0 Å². The fourth-order valence-electron chi connectivity index (χ4n) is 1.93. The Kier molecular flexibility index (Phi) is 4.94. The van der Waals surface area contributed by atoms with E-state index in [9.17, 15) is 8.78 Å². The Labute approximate surface area is 125 Å². The molecule has 1 unspecified atom stereocenters. The van der Waals surface area contributed by atoms with Crippen LogP contribution in [-0.2, 0) is 6.42 Å². The number of halogens is 4. The highest BCUT2D eigenvalue weighted by molar-refractivity contribution is 6.42. The van der Waals surface area contributed by atoms with Gasteiger partial charge in [0.05, 0.1) is 16.1 Å². The van der Waals surface area contributed by atoms with E-state index in [1.54, 1.807) is 18.2 Å². The first-order chi connectivity index (χ1) is 9.52. The molecule has 0 saturated carbocycles. The van der Waals surface area contributed by atoms with Crippen LogP contribution in [0.1, 0.15) is 17.2 Å². The molecule has 0 amide bonds. The predicted molar refractivity (Wildman–Crippen MR) is 76.6 cm³/mol. The van der Waals surface area contributed by atoms with E-state index in [2.05, 4.69) is 5.43 Å². The zero-order chi connectivity index (χ0) is 14.7. The Morgan fingerprint density at radius 3 is 2.25 bits per heavy atom. The summed E-state index contributed by atoms with van der Waals surface area (Å²) in [7, 11) is 0. The molecule has 0 aliphatic heterocycles. The summed E-state index contributed by atoms with van der Waals surface area (Å²) in [6.07, 6.45) is 0.0625. The first-order valence-corrected chi connectivity index (χ1v) is 6.62. The maximum Gasteiger partial charge on any atom is 0.129 e. The quantitative estimate of drug-likeness (QED) is 0.660. The van der Waals surface area contributed by atoms with Crippen LogP contribution in [0.25, 0.3) is 0 Å². The number of nitrogens with two attached hydrogens (primary N) is 1. The van der Waals surface area contributed by atoms with Gasteiger partial charge in [-0.2, -0.15) is 0 Å². The van der Waals surface area contributed by atoms with Gasteiger partial charge in [-0.05, 0) is 36.2 Å². The second-order valence-electron chi connectivity index (χ2n) is 4.30. The van der Waals surface area contributed by atoms with Crippen LogP contribution in [0.5, 0.6) is 0 Å². The van der Waals surface area contributed by atoms with E-state index < -0.39 is 17.7 Å². The average Bonchev–Trinajstić information content (AvgIpc) is 2.42. The molecule has 0 spiro atoms. The van der Waals surface area contributed by atoms with Crippen molar-refractivity contribution in [1.82, 2.24) is 5.43 Å². The van der Waals surface area contributed by atoms with Crippen molar-refractivity contribution in [2.75, 3.05) is 0 Å². The normalized spacial score (nSPS) is 12.4. The molecule has 0 aliphatic carbocycles. The Balaban J connectivity index is 2.31. The monoisotopic (exact) mass is 316 g/mol. The van der Waals surface area contributed by atoms with E-state index >= 15 is 0 Å². The number of benzene rings is 2. The first kappa shape index (κ1) is 15.2. The number of hydrogen-bond donors (Lipinski definition) is 2. The molecule has 0 fully saturated rings. The van der Waals surface area contributed by atoms with Crippen LogP contribution in [0.4, 0.5) is 8.78 Å². The molecule has 0 aliphatic rings. The van der Waals surface area contributed by atoms with Crippen molar-refractivity contribution in [3.05, 3.63) is 69.2 Å². The van der Waals surface area contributed by atoms with Crippen molar-refractivity contribution >= 4 is 23.2 Å². The average molecular weight is 317 g/mol. The van der Waals surface area contributed by atoms with Crippen LogP contribution < -0.4 is 11.3 Å². The van der Waals surface area contributed by atoms with Gasteiger partial charge in [-0.25, -0.2) is 8.78 Å². The maximum absolute atomic E-state index is 13.7. The van der Waals surface area contributed by atoms with Gasteiger partial charge in [-0.3, -0.25) is 11.3 Å². The van der Waals surface area contributed by atoms with Crippen LogP contribution >= 0.6 is 23.2 Å². The minimum Gasteiger partial charge on any atom is -0.271 e. The van der Waals surface area contributed by atoms with Gasteiger partial charge in [0.15, 0.2) is 0 Å². The summed E-state index contributed by atoms with van der Waals surface area (Å²) in [5, 5.41) is 0.765. The number of hydrogen-bond acceptors (Lipinski definition) is 2. The van der Waals surface area contributed by atoms with Crippen LogP contribution in [0.2, 0.25) is 10.0 Å². The van der Waals surface area contributed by atoms with Crippen LogP contribution in [0.3, 0.4) is 0 Å². The fraction of sp³-hybridized carbons (Fsp3) is 0.143. The van der Waals surface area contributed by atoms with Gasteiger partial charge in [0, 0.05) is 5.56 Å². The van der Waals surface area contributed by atoms with Crippen LogP contribution in [0.15, 0.2) is 36.4 Å². The summed E-state index contributed by atoms with van der Waals surface area (Å²) in [6.45, 7) is 0. The van der Waals surface area contributed by atoms with Gasteiger partial charge in [0.1, 0.15) is 11.6 Å². The molecule has 106 valence electrons. The van der Waals surface area contributed by atoms with E-state index in [0.717, 1.165) is 0 Å². The van der Waals surface area contributed by atoms with Gasteiger partial charge >= 0.3 is 0 Å². The Hall–Kier alpha value is -1.20. The molecule has 0 radical (unpaired) electrons. The topological polar surface area (TPSA) is 38.0 Å². The van der Waals surface area contributed by atoms with Gasteiger partial charge in [0.2, 0.25) is 0 Å². The van der Waals surface area contributed by atoms with Gasteiger partial charge in [-0.15, -0.1) is 0 Å². The van der Waals surface area contributed by atoms with Gasteiger partial charge in [0.25, 0.3) is 0 Å². The summed E-state index contributed by atoms with van der Waals surface area (Å²) >= 11 is 11.8. The summed E-state index contributed by atoms with van der Waals surface area (Å²) in [4.78, 5) is 0. The summed E-state index contributed by atoms with van der Waals surface area (Å²) < 4.78 is 27.3. The SMILES string of the molecule is NNC(Cc1c(F)cccc1F)c1ccc(Cl)c(Cl)c1. The Morgan fingerprint density at radius 1 is 1.05 bits per heavy atom. The molecule has 3 N–H and O–H groups in total. The highest BCUT2D eigenvalue weighted by Crippen LogP contribution is 2.28. The smallest absolute Gasteiger partial charge is 0.129 e. The minimum absolute atomic E-state index is 0.0264. The second kappa shape index (κ2) is 6.50. The van der Waals surface area contributed by atoms with Gasteiger partial charge < -0.3 is 0 Å². The molecule has 20 heavy (non-hydrogen) atoms. The molecule has 6 heteroatoms. The van der Waals surface area contributed by atoms with E-state index in [1.807, 2.05) is 0 Å². The highest BCUT2D eigenvalue weighted by Gasteiger charge is 2.17. The molecule has 2 rings (SSSR count). The number of rotatable bonds is 4. The Bertz CT molecular complexity index is 600. The molecule has 2 aromatic rings. The number of nitrogens with one attached hydrogen (secondary N) is 1. The van der Waals surface area contributed by atoms with Crippen molar-refractivity contribution in [2.24, 2.45) is 5.84 Å². The largest absolute Gasteiger partial charge is 0.271 e. The van der Waals surface area contributed by atoms with Crippen LogP contribution in [0, 0.1) is 11.6 Å². The molecule has 0 aromatic heterocycles. The van der Waals surface area contributed by atoms with Crippen molar-refractivity contribution in [3.63, 3.8) is 0 Å². The lowest BCUT2D eigenvalue weighted by molar-refractivity contribution is 0.500. The molecule has 0 saturated heterocycles. The van der Waals surface area contributed by atoms with Crippen LogP contribution in [-0.4, -0.2) is 0 Å². The lowest BCUT2D eigenvalue weighted by Gasteiger charge is -2.17. The van der Waals surface area contributed by atoms with E-state index in [-0.39, 0.29) is 12.0 Å². The lowest BCUT2D eigenvalue weighted by atomic mass is 9.98. The summed E-state index contributed by atoms with van der Waals surface area (Å²) in [5.41, 5.74) is 3.21. The highest BCUT2D eigenvalue weighted by atomic mass is 35.5. The third-order valence-corrected chi connectivity index (χ3v) is 3.76. The molecule has 2 aromatic carbocycles. The molecular formula is C14H12Cl2F2N2. The van der Waals surface area contributed by atoms with Crippen molar-refractivity contribution < 1.29 is 8.78 Å². The summed E-state index contributed by atoms with van der Waals surface area (Å²) in [6, 6.07) is 8.20. The lowest BCUT2D eigenvalue weighted by Crippen LogP contribution is -2.30. The third kappa shape index (κ3) is 3.27. The molecule has 0 bridgehead atoms. The number of hydrazine groups is 1. The summed E-state index contributed by atoms with van der Waals surface area (Å²) in [5.74, 6) is 4.26. The molecule has 2 nitrogen and oxygen atoms in total. The second-order valence-corrected chi connectivity index (χ2v) is 5.11. The molecule has 1 atom stereocenters. The third-order valence-electron chi connectivity index (χ3n) is 3.02. The molecule has 0 heterocycles. The van der Waals surface area contributed by atoms with Crippen molar-refractivity contribution in [1.29, 1.82) is 0 Å². The molecular weight excluding hydrogens is 305 g/mol.